The first-order chi connectivity index (χ1) is 13.1. The number of fused-ring (bicyclic) bond motifs is 1. The van der Waals surface area contributed by atoms with E-state index in [1.54, 1.807) is 30.6 Å². The van der Waals surface area contributed by atoms with Gasteiger partial charge in [-0.3, -0.25) is 19.3 Å². The van der Waals surface area contributed by atoms with Crippen molar-refractivity contribution in [3.8, 4) is 11.3 Å². The number of nitrogens with zero attached hydrogens (tertiary/aromatic N) is 4. The van der Waals surface area contributed by atoms with Crippen LogP contribution in [0.5, 0.6) is 0 Å². The van der Waals surface area contributed by atoms with E-state index >= 15 is 0 Å². The molecule has 2 heterocycles. The summed E-state index contributed by atoms with van der Waals surface area (Å²) in [4.78, 5) is 28.0. The molecule has 4 rings (SSSR count). The van der Waals surface area contributed by atoms with Gasteiger partial charge in [0.25, 0.3) is 11.2 Å². The predicted molar refractivity (Wildman–Crippen MR) is 102 cm³/mol. The lowest BCUT2D eigenvalue weighted by Gasteiger charge is -2.11. The van der Waals surface area contributed by atoms with Gasteiger partial charge < -0.3 is 4.57 Å². The summed E-state index contributed by atoms with van der Waals surface area (Å²) in [6, 6.07) is 16.1. The number of rotatable bonds is 4. The molecule has 0 aliphatic rings. The first-order valence-corrected chi connectivity index (χ1v) is 8.41. The fourth-order valence-corrected chi connectivity index (χ4v) is 3.27. The Labute approximate surface area is 154 Å². The van der Waals surface area contributed by atoms with Gasteiger partial charge in [-0.1, -0.05) is 48.5 Å². The molecule has 0 saturated carbocycles. The molecule has 0 spiro atoms. The zero-order chi connectivity index (χ0) is 19.0. The summed E-state index contributed by atoms with van der Waals surface area (Å²) in [5, 5.41) is 11.2. The SMILES string of the molecule is Cc1cn(Cc2ccccc2[N+](=O)[O-])c(=O)c2ncc(-c3ccccc3)n12. The maximum absolute atomic E-state index is 12.9. The zero-order valence-electron chi connectivity index (χ0n) is 14.6. The molecule has 0 aliphatic carbocycles. The number of benzene rings is 2. The molecule has 134 valence electrons. The Morgan fingerprint density at radius 2 is 1.78 bits per heavy atom. The zero-order valence-corrected chi connectivity index (χ0v) is 14.6. The molecular weight excluding hydrogens is 344 g/mol. The second kappa shape index (κ2) is 6.53. The Hall–Kier alpha value is -3.74. The minimum atomic E-state index is -0.436. The van der Waals surface area contributed by atoms with Crippen molar-refractivity contribution in [1.29, 1.82) is 0 Å². The molecule has 0 radical (unpaired) electrons. The van der Waals surface area contributed by atoms with Gasteiger partial charge in [0.1, 0.15) is 0 Å². The third-order valence-electron chi connectivity index (χ3n) is 4.51. The molecule has 27 heavy (non-hydrogen) atoms. The number of hydrogen-bond acceptors (Lipinski definition) is 4. The van der Waals surface area contributed by atoms with Crippen LogP contribution in [-0.4, -0.2) is 18.9 Å². The molecule has 0 N–H and O–H groups in total. The van der Waals surface area contributed by atoms with Crippen LogP contribution in [0, 0.1) is 17.0 Å². The molecule has 4 aromatic rings. The minimum Gasteiger partial charge on any atom is -0.306 e. The van der Waals surface area contributed by atoms with Gasteiger partial charge in [0.15, 0.2) is 0 Å². The fraction of sp³-hybridized carbons (Fsp3) is 0.100. The van der Waals surface area contributed by atoms with Crippen LogP contribution in [0.4, 0.5) is 5.69 Å². The number of imidazole rings is 1. The standard InChI is InChI=1S/C20H16N4O3/c1-14-12-22(13-16-9-5-6-10-17(16)24(26)27)20(25)19-21-11-18(23(14)19)15-7-3-2-4-8-15/h2-12H,13H2,1H3. The Kier molecular flexibility index (Phi) is 4.04. The average molecular weight is 360 g/mol. The van der Waals surface area contributed by atoms with Crippen LogP contribution >= 0.6 is 0 Å². The van der Waals surface area contributed by atoms with Crippen LogP contribution in [0.15, 0.2) is 71.8 Å². The Morgan fingerprint density at radius 3 is 2.52 bits per heavy atom. The minimum absolute atomic E-state index is 0.00440. The van der Waals surface area contributed by atoms with Crippen molar-refractivity contribution in [2.75, 3.05) is 0 Å². The lowest BCUT2D eigenvalue weighted by molar-refractivity contribution is -0.385. The van der Waals surface area contributed by atoms with Crippen LogP contribution in [0.25, 0.3) is 16.9 Å². The third kappa shape index (κ3) is 2.89. The van der Waals surface area contributed by atoms with Crippen LogP contribution < -0.4 is 5.56 Å². The maximum Gasteiger partial charge on any atom is 0.294 e. The average Bonchev–Trinajstić information content (AvgIpc) is 3.13. The summed E-state index contributed by atoms with van der Waals surface area (Å²) >= 11 is 0. The molecule has 0 atom stereocenters. The highest BCUT2D eigenvalue weighted by molar-refractivity contribution is 5.63. The van der Waals surface area contributed by atoms with Gasteiger partial charge in [-0.05, 0) is 6.92 Å². The van der Waals surface area contributed by atoms with E-state index in [0.29, 0.717) is 11.2 Å². The molecule has 0 aliphatic heterocycles. The van der Waals surface area contributed by atoms with E-state index in [1.165, 1.54) is 10.6 Å². The molecule has 0 fully saturated rings. The molecule has 0 amide bonds. The first-order valence-electron chi connectivity index (χ1n) is 8.41. The van der Waals surface area contributed by atoms with Gasteiger partial charge in [-0.15, -0.1) is 0 Å². The number of hydrogen-bond donors (Lipinski definition) is 0. The topological polar surface area (TPSA) is 82.4 Å². The van der Waals surface area contributed by atoms with Crippen LogP contribution in [0.2, 0.25) is 0 Å². The van der Waals surface area contributed by atoms with E-state index in [0.717, 1.165) is 17.0 Å². The van der Waals surface area contributed by atoms with E-state index in [4.69, 9.17) is 0 Å². The summed E-state index contributed by atoms with van der Waals surface area (Å²) in [5.74, 6) is 0. The van der Waals surface area contributed by atoms with Gasteiger partial charge in [-0.25, -0.2) is 4.98 Å². The number of aromatic nitrogens is 3. The lowest BCUT2D eigenvalue weighted by Crippen LogP contribution is -2.24. The highest BCUT2D eigenvalue weighted by atomic mass is 16.6. The number of para-hydroxylation sites is 1. The van der Waals surface area contributed by atoms with Gasteiger partial charge in [0.05, 0.1) is 23.4 Å². The molecule has 2 aromatic carbocycles. The second-order valence-electron chi connectivity index (χ2n) is 6.26. The number of nitro benzene ring substituents is 1. The Balaban J connectivity index is 1.85. The van der Waals surface area contributed by atoms with Crippen molar-refractivity contribution >= 4 is 11.3 Å². The van der Waals surface area contributed by atoms with Crippen molar-refractivity contribution < 1.29 is 4.92 Å². The fourth-order valence-electron chi connectivity index (χ4n) is 3.27. The van der Waals surface area contributed by atoms with E-state index in [-0.39, 0.29) is 17.8 Å². The smallest absolute Gasteiger partial charge is 0.294 e. The Bertz CT molecular complexity index is 1210. The normalized spacial score (nSPS) is 11.0. The van der Waals surface area contributed by atoms with Gasteiger partial charge in [-0.2, -0.15) is 0 Å². The maximum atomic E-state index is 12.9. The highest BCUT2D eigenvalue weighted by Gasteiger charge is 2.17. The van der Waals surface area contributed by atoms with E-state index in [2.05, 4.69) is 4.98 Å². The van der Waals surface area contributed by atoms with E-state index in [9.17, 15) is 14.9 Å². The summed E-state index contributed by atoms with van der Waals surface area (Å²) in [6.45, 7) is 2.00. The number of nitro groups is 1. The Morgan fingerprint density at radius 1 is 1.07 bits per heavy atom. The monoisotopic (exact) mass is 360 g/mol. The summed E-state index contributed by atoms with van der Waals surface area (Å²) in [5.41, 5.74) is 3.09. The molecule has 0 bridgehead atoms. The van der Waals surface area contributed by atoms with Crippen molar-refractivity contribution in [2.24, 2.45) is 0 Å². The third-order valence-corrected chi connectivity index (χ3v) is 4.51. The van der Waals surface area contributed by atoms with Gasteiger partial charge in [0, 0.05) is 29.1 Å². The van der Waals surface area contributed by atoms with Crippen molar-refractivity contribution in [1.82, 2.24) is 14.0 Å². The lowest BCUT2D eigenvalue weighted by atomic mass is 10.1. The van der Waals surface area contributed by atoms with E-state index < -0.39 is 4.92 Å². The van der Waals surface area contributed by atoms with Gasteiger partial charge >= 0.3 is 0 Å². The molecule has 7 heteroatoms. The molecular formula is C20H16N4O3. The summed E-state index contributed by atoms with van der Waals surface area (Å²) in [7, 11) is 0. The molecule has 0 saturated heterocycles. The largest absolute Gasteiger partial charge is 0.306 e. The second-order valence-corrected chi connectivity index (χ2v) is 6.26. The van der Waals surface area contributed by atoms with Crippen molar-refractivity contribution in [3.05, 3.63) is 98.7 Å². The number of aryl methyl sites for hydroxylation is 1. The van der Waals surface area contributed by atoms with Crippen molar-refractivity contribution in [3.63, 3.8) is 0 Å². The van der Waals surface area contributed by atoms with Crippen LogP contribution in [0.1, 0.15) is 11.3 Å². The molecule has 2 aromatic heterocycles. The first kappa shape index (κ1) is 16.7. The van der Waals surface area contributed by atoms with Gasteiger partial charge in [0.2, 0.25) is 5.65 Å². The van der Waals surface area contributed by atoms with E-state index in [1.807, 2.05) is 41.7 Å². The highest BCUT2D eigenvalue weighted by Crippen LogP contribution is 2.22. The van der Waals surface area contributed by atoms with Crippen LogP contribution in [0.3, 0.4) is 0 Å². The predicted octanol–water partition coefficient (Wildman–Crippen LogP) is 3.43. The molecule has 7 nitrogen and oxygen atoms in total. The quantitative estimate of drug-likeness (QED) is 0.412. The van der Waals surface area contributed by atoms with Crippen LogP contribution in [-0.2, 0) is 6.54 Å². The molecule has 0 unspecified atom stereocenters. The summed E-state index contributed by atoms with van der Waals surface area (Å²) in [6.07, 6.45) is 3.38. The summed E-state index contributed by atoms with van der Waals surface area (Å²) < 4.78 is 3.28. The van der Waals surface area contributed by atoms with Crippen molar-refractivity contribution in [2.45, 2.75) is 13.5 Å².